The van der Waals surface area contributed by atoms with Crippen molar-refractivity contribution in [2.24, 2.45) is 5.73 Å². The Balaban J connectivity index is 0.00000242. The Morgan fingerprint density at radius 3 is 2.50 bits per heavy atom. The minimum atomic E-state index is -0.805. The van der Waals surface area contributed by atoms with Gasteiger partial charge in [-0.05, 0) is 34.5 Å². The highest BCUT2D eigenvalue weighted by atomic mass is 35.5. The van der Waals surface area contributed by atoms with Gasteiger partial charge >= 0.3 is 5.97 Å². The molecule has 22 heavy (non-hydrogen) atoms. The first kappa shape index (κ1) is 18.2. The van der Waals surface area contributed by atoms with Crippen LogP contribution in [0, 0.1) is 0 Å². The summed E-state index contributed by atoms with van der Waals surface area (Å²) in [6, 6.07) is 9.92. The van der Waals surface area contributed by atoms with Gasteiger partial charge in [-0.1, -0.05) is 18.2 Å². The summed E-state index contributed by atoms with van der Waals surface area (Å²) in [6.45, 7) is -0.169. The standard InChI is InChI=1S/C15H16N2O3S.ClH/c1-20-13(18)9-17(12-5-3-2-4-6-12)15(19)14(16)11-7-8-21-10-11;/h2-8,10,14H,9,16H2,1H3;1H/t14-;/m0./s1. The predicted molar refractivity (Wildman–Crippen MR) is 89.3 cm³/mol. The molecule has 118 valence electrons. The molecule has 0 bridgehead atoms. The molecule has 0 aliphatic heterocycles. The number of methoxy groups -OCH3 is 1. The Kier molecular flexibility index (Phi) is 7.04. The first-order valence-corrected chi connectivity index (χ1v) is 7.28. The molecule has 0 fully saturated rings. The quantitative estimate of drug-likeness (QED) is 0.848. The van der Waals surface area contributed by atoms with Crippen LogP contribution in [0.5, 0.6) is 0 Å². The molecule has 1 heterocycles. The lowest BCUT2D eigenvalue weighted by Crippen LogP contribution is -2.41. The highest BCUT2D eigenvalue weighted by Gasteiger charge is 2.26. The van der Waals surface area contributed by atoms with Gasteiger partial charge in [-0.15, -0.1) is 12.4 Å². The van der Waals surface area contributed by atoms with Gasteiger partial charge in [0, 0.05) is 5.69 Å². The third-order valence-electron chi connectivity index (χ3n) is 3.02. The van der Waals surface area contributed by atoms with Crippen LogP contribution in [-0.4, -0.2) is 25.5 Å². The molecule has 0 radical (unpaired) electrons. The van der Waals surface area contributed by atoms with Crippen molar-refractivity contribution >= 4 is 41.3 Å². The third-order valence-corrected chi connectivity index (χ3v) is 3.72. The largest absolute Gasteiger partial charge is 0.468 e. The van der Waals surface area contributed by atoms with Crippen LogP contribution in [-0.2, 0) is 14.3 Å². The van der Waals surface area contributed by atoms with Crippen LogP contribution in [0.1, 0.15) is 11.6 Å². The normalized spacial score (nSPS) is 11.2. The molecule has 0 aliphatic carbocycles. The van der Waals surface area contributed by atoms with E-state index in [4.69, 9.17) is 5.73 Å². The Morgan fingerprint density at radius 2 is 1.95 bits per heavy atom. The molecular weight excluding hydrogens is 324 g/mol. The van der Waals surface area contributed by atoms with E-state index in [2.05, 4.69) is 4.74 Å². The number of amides is 1. The summed E-state index contributed by atoms with van der Waals surface area (Å²) in [5.41, 5.74) is 7.34. The van der Waals surface area contributed by atoms with E-state index in [0.29, 0.717) is 5.69 Å². The number of para-hydroxylation sites is 1. The molecule has 1 atom stereocenters. The minimum absolute atomic E-state index is 0. The monoisotopic (exact) mass is 340 g/mol. The molecule has 0 unspecified atom stereocenters. The van der Waals surface area contributed by atoms with Crippen LogP contribution in [0.2, 0.25) is 0 Å². The number of thiophene rings is 1. The number of rotatable bonds is 5. The Labute approximate surface area is 139 Å². The Morgan fingerprint density at radius 1 is 1.27 bits per heavy atom. The van der Waals surface area contributed by atoms with Crippen molar-refractivity contribution in [1.82, 2.24) is 0 Å². The number of nitrogens with two attached hydrogens (primary N) is 1. The van der Waals surface area contributed by atoms with E-state index in [9.17, 15) is 9.59 Å². The number of anilines is 1. The lowest BCUT2D eigenvalue weighted by molar-refractivity contribution is -0.140. The fraction of sp³-hybridized carbons (Fsp3) is 0.200. The predicted octanol–water partition coefficient (Wildman–Crippen LogP) is 2.38. The Bertz CT molecular complexity index is 605. The summed E-state index contributed by atoms with van der Waals surface area (Å²) in [5.74, 6) is -0.838. The number of halogens is 1. The lowest BCUT2D eigenvalue weighted by atomic mass is 10.1. The van der Waals surface area contributed by atoms with Crippen molar-refractivity contribution < 1.29 is 14.3 Å². The first-order chi connectivity index (χ1) is 10.1. The summed E-state index contributed by atoms with van der Waals surface area (Å²) in [6.07, 6.45) is 0. The number of hydrogen-bond donors (Lipinski definition) is 1. The van der Waals surface area contributed by atoms with E-state index in [1.165, 1.54) is 23.3 Å². The van der Waals surface area contributed by atoms with Crippen LogP contribution >= 0.6 is 23.7 Å². The highest BCUT2D eigenvalue weighted by Crippen LogP contribution is 2.21. The number of nitrogens with zero attached hydrogens (tertiary/aromatic N) is 1. The zero-order chi connectivity index (χ0) is 15.2. The fourth-order valence-corrected chi connectivity index (χ4v) is 2.56. The van der Waals surface area contributed by atoms with Gasteiger partial charge < -0.3 is 10.5 Å². The van der Waals surface area contributed by atoms with E-state index >= 15 is 0 Å². The molecule has 1 aromatic carbocycles. The lowest BCUT2D eigenvalue weighted by Gasteiger charge is -2.24. The summed E-state index contributed by atoms with van der Waals surface area (Å²) < 4.78 is 4.65. The second kappa shape index (κ2) is 8.53. The molecule has 5 nitrogen and oxygen atoms in total. The summed E-state index contributed by atoms with van der Waals surface area (Å²) >= 11 is 1.47. The number of carbonyl (C=O) groups excluding carboxylic acids is 2. The second-order valence-corrected chi connectivity index (χ2v) is 5.15. The summed E-state index contributed by atoms with van der Waals surface area (Å²) in [7, 11) is 1.29. The fourth-order valence-electron chi connectivity index (χ4n) is 1.86. The first-order valence-electron chi connectivity index (χ1n) is 6.34. The van der Waals surface area contributed by atoms with Gasteiger partial charge in [0.1, 0.15) is 12.6 Å². The molecular formula is C15H17ClN2O3S. The van der Waals surface area contributed by atoms with E-state index in [-0.39, 0.29) is 24.9 Å². The number of benzene rings is 1. The van der Waals surface area contributed by atoms with E-state index < -0.39 is 12.0 Å². The van der Waals surface area contributed by atoms with Gasteiger partial charge in [0.25, 0.3) is 0 Å². The van der Waals surface area contributed by atoms with Crippen molar-refractivity contribution in [2.75, 3.05) is 18.6 Å². The number of hydrogen-bond acceptors (Lipinski definition) is 5. The van der Waals surface area contributed by atoms with Gasteiger partial charge in [0.15, 0.2) is 0 Å². The maximum atomic E-state index is 12.6. The van der Waals surface area contributed by atoms with Crippen LogP contribution in [0.15, 0.2) is 47.2 Å². The van der Waals surface area contributed by atoms with Gasteiger partial charge in [0.2, 0.25) is 5.91 Å². The van der Waals surface area contributed by atoms with Gasteiger partial charge in [-0.2, -0.15) is 11.3 Å². The SMILES string of the molecule is COC(=O)CN(C(=O)[C@@H](N)c1ccsc1)c1ccccc1.Cl. The minimum Gasteiger partial charge on any atom is -0.468 e. The molecule has 1 amide bonds. The van der Waals surface area contributed by atoms with E-state index in [1.807, 2.05) is 16.8 Å². The molecule has 0 saturated carbocycles. The summed E-state index contributed by atoms with van der Waals surface area (Å²) in [4.78, 5) is 25.5. The average Bonchev–Trinajstić information content (AvgIpc) is 3.06. The van der Waals surface area contributed by atoms with Crippen molar-refractivity contribution in [2.45, 2.75) is 6.04 Å². The second-order valence-electron chi connectivity index (χ2n) is 4.37. The average molecular weight is 341 g/mol. The molecule has 2 N–H and O–H groups in total. The van der Waals surface area contributed by atoms with Crippen LogP contribution in [0.4, 0.5) is 5.69 Å². The van der Waals surface area contributed by atoms with Crippen molar-refractivity contribution in [1.29, 1.82) is 0 Å². The van der Waals surface area contributed by atoms with E-state index in [0.717, 1.165) is 5.56 Å². The van der Waals surface area contributed by atoms with Crippen LogP contribution in [0.3, 0.4) is 0 Å². The smallest absolute Gasteiger partial charge is 0.325 e. The van der Waals surface area contributed by atoms with Crippen LogP contribution in [0.25, 0.3) is 0 Å². The maximum Gasteiger partial charge on any atom is 0.325 e. The van der Waals surface area contributed by atoms with Gasteiger partial charge in [-0.25, -0.2) is 0 Å². The Hall–Kier alpha value is -1.89. The number of esters is 1. The number of ether oxygens (including phenoxy) is 1. The molecule has 2 aromatic rings. The molecule has 0 spiro atoms. The van der Waals surface area contributed by atoms with Gasteiger partial charge in [0.05, 0.1) is 7.11 Å². The number of carbonyl (C=O) groups is 2. The zero-order valence-electron chi connectivity index (χ0n) is 12.0. The maximum absolute atomic E-state index is 12.6. The van der Waals surface area contributed by atoms with E-state index in [1.54, 1.807) is 30.3 Å². The molecule has 0 aliphatic rings. The molecule has 7 heteroatoms. The topological polar surface area (TPSA) is 72.6 Å². The third kappa shape index (κ3) is 4.30. The van der Waals surface area contributed by atoms with Crippen molar-refractivity contribution in [3.63, 3.8) is 0 Å². The zero-order valence-corrected chi connectivity index (χ0v) is 13.6. The highest BCUT2D eigenvalue weighted by molar-refractivity contribution is 7.08. The van der Waals surface area contributed by atoms with Crippen molar-refractivity contribution in [3.8, 4) is 0 Å². The van der Waals surface area contributed by atoms with Crippen LogP contribution < -0.4 is 10.6 Å². The molecule has 1 aromatic heterocycles. The van der Waals surface area contributed by atoms with Gasteiger partial charge in [-0.3, -0.25) is 14.5 Å². The van der Waals surface area contributed by atoms with Crippen molar-refractivity contribution in [3.05, 3.63) is 52.7 Å². The molecule has 0 saturated heterocycles. The molecule has 2 rings (SSSR count). The summed E-state index contributed by atoms with van der Waals surface area (Å²) in [5, 5.41) is 3.68.